The van der Waals surface area contributed by atoms with Gasteiger partial charge in [0.25, 0.3) is 11.8 Å². The fourth-order valence-corrected chi connectivity index (χ4v) is 5.66. The third-order valence-electron chi connectivity index (χ3n) is 7.87. The van der Waals surface area contributed by atoms with Gasteiger partial charge in [0.2, 0.25) is 11.8 Å². The van der Waals surface area contributed by atoms with E-state index in [1.54, 1.807) is 47.1 Å². The molecule has 1 aromatic carbocycles. The lowest BCUT2D eigenvalue weighted by Crippen LogP contribution is -2.48. The van der Waals surface area contributed by atoms with Crippen molar-refractivity contribution in [3.63, 3.8) is 0 Å². The van der Waals surface area contributed by atoms with E-state index in [2.05, 4.69) is 36.2 Å². The van der Waals surface area contributed by atoms with E-state index in [9.17, 15) is 19.2 Å². The van der Waals surface area contributed by atoms with Crippen molar-refractivity contribution in [3.05, 3.63) is 95.2 Å². The highest BCUT2D eigenvalue weighted by Gasteiger charge is 2.25. The van der Waals surface area contributed by atoms with E-state index in [4.69, 9.17) is 11.6 Å². The molecule has 47 heavy (non-hydrogen) atoms. The minimum atomic E-state index is -0.870. The number of para-hydroxylation sites is 1. The van der Waals surface area contributed by atoms with Crippen molar-refractivity contribution < 1.29 is 19.2 Å². The van der Waals surface area contributed by atoms with Gasteiger partial charge in [-0.05, 0) is 48.7 Å². The number of H-pyrrole nitrogens is 1. The first-order chi connectivity index (χ1) is 22.8. The molecule has 5 aromatic rings. The molecule has 5 heterocycles. The number of carbonyl (C=O) groups is 4. The molecule has 1 atom stereocenters. The molecule has 4 amide bonds. The Labute approximate surface area is 275 Å². The smallest absolute Gasteiger partial charge is 0.274 e. The van der Waals surface area contributed by atoms with Gasteiger partial charge in [0.05, 0.1) is 11.6 Å². The fraction of sp³-hybridized carbons (Fsp3) is 0.273. The Morgan fingerprint density at radius 1 is 0.894 bits per heavy atom. The van der Waals surface area contributed by atoms with Crippen LogP contribution in [0.4, 0.5) is 5.82 Å². The zero-order chi connectivity index (χ0) is 32.8. The summed E-state index contributed by atoms with van der Waals surface area (Å²) in [5.41, 5.74) is 2.72. The molecule has 0 saturated heterocycles. The van der Waals surface area contributed by atoms with Crippen LogP contribution in [0.15, 0.2) is 73.2 Å². The summed E-state index contributed by atoms with van der Waals surface area (Å²) in [4.78, 5) is 66.7. The molecule has 0 fully saturated rings. The van der Waals surface area contributed by atoms with Crippen molar-refractivity contribution in [1.82, 2.24) is 40.2 Å². The fourth-order valence-electron chi connectivity index (χ4n) is 5.49. The Hall–Kier alpha value is -5.43. The second kappa shape index (κ2) is 14.3. The van der Waals surface area contributed by atoms with Crippen LogP contribution in [0.1, 0.15) is 39.4 Å². The maximum atomic E-state index is 13.5. The van der Waals surface area contributed by atoms with E-state index in [1.165, 1.54) is 4.90 Å². The number of hydrogen-bond donors (Lipinski definition) is 5. The van der Waals surface area contributed by atoms with Crippen molar-refractivity contribution in [1.29, 1.82) is 0 Å². The highest BCUT2D eigenvalue weighted by molar-refractivity contribution is 6.30. The Balaban J connectivity index is 1.20. The SMILES string of the molecule is O=C1CN(C(=O)c2cn3cc(Cl)ccc3n2)CCCCNC(=O)[C@H](Cc2c[nH]c3ccccc23)NC(=O)c2cccc(n2)NCCN1. The molecule has 0 saturated carbocycles. The van der Waals surface area contributed by atoms with E-state index in [1.807, 2.05) is 30.5 Å². The third kappa shape index (κ3) is 7.69. The Kier molecular flexibility index (Phi) is 9.62. The lowest BCUT2D eigenvalue weighted by Gasteiger charge is -2.22. The van der Waals surface area contributed by atoms with E-state index >= 15 is 0 Å². The van der Waals surface area contributed by atoms with Crippen LogP contribution in [-0.4, -0.2) is 86.6 Å². The summed E-state index contributed by atoms with van der Waals surface area (Å²) < 4.78 is 1.66. The third-order valence-corrected chi connectivity index (χ3v) is 8.09. The summed E-state index contributed by atoms with van der Waals surface area (Å²) >= 11 is 6.10. The number of aromatic amines is 1. The number of pyridine rings is 2. The number of hydrogen-bond acceptors (Lipinski definition) is 7. The van der Waals surface area contributed by atoms with Gasteiger partial charge in [0.1, 0.15) is 28.9 Å². The van der Waals surface area contributed by atoms with Gasteiger partial charge in [-0.15, -0.1) is 0 Å². The van der Waals surface area contributed by atoms with Gasteiger partial charge in [0, 0.05) is 62.1 Å². The van der Waals surface area contributed by atoms with Crippen LogP contribution < -0.4 is 21.3 Å². The number of aromatic nitrogens is 4. The molecule has 4 aromatic heterocycles. The molecular formula is C33H34ClN9O4. The number of benzene rings is 1. The van der Waals surface area contributed by atoms with Crippen LogP contribution in [0, 0.1) is 0 Å². The molecular weight excluding hydrogens is 622 g/mol. The average molecular weight is 656 g/mol. The predicted octanol–water partition coefficient (Wildman–Crippen LogP) is 2.79. The van der Waals surface area contributed by atoms with Crippen LogP contribution in [0.3, 0.4) is 0 Å². The number of fused-ring (bicyclic) bond motifs is 4. The second-order valence-electron chi connectivity index (χ2n) is 11.2. The molecule has 5 N–H and O–H groups in total. The van der Waals surface area contributed by atoms with Gasteiger partial charge in [0.15, 0.2) is 0 Å². The van der Waals surface area contributed by atoms with Crippen molar-refractivity contribution in [2.75, 3.05) is 38.0 Å². The van der Waals surface area contributed by atoms with E-state index in [-0.39, 0.29) is 49.3 Å². The zero-order valence-corrected chi connectivity index (χ0v) is 26.2. The first-order valence-electron chi connectivity index (χ1n) is 15.4. The summed E-state index contributed by atoms with van der Waals surface area (Å²) in [5, 5.41) is 13.2. The number of amides is 4. The minimum absolute atomic E-state index is 0.150. The average Bonchev–Trinajstić information content (AvgIpc) is 3.69. The maximum absolute atomic E-state index is 13.5. The number of nitrogens with one attached hydrogen (secondary N) is 5. The van der Waals surface area contributed by atoms with Crippen molar-refractivity contribution in [2.45, 2.75) is 25.3 Å². The van der Waals surface area contributed by atoms with Crippen molar-refractivity contribution in [3.8, 4) is 0 Å². The molecule has 14 heteroatoms. The first-order valence-corrected chi connectivity index (χ1v) is 15.8. The molecule has 2 bridgehead atoms. The number of anilines is 1. The molecule has 0 spiro atoms. The Morgan fingerprint density at radius 3 is 2.64 bits per heavy atom. The molecule has 242 valence electrons. The molecule has 0 unspecified atom stereocenters. The highest BCUT2D eigenvalue weighted by Crippen LogP contribution is 2.20. The monoisotopic (exact) mass is 655 g/mol. The molecule has 6 rings (SSSR count). The normalized spacial score (nSPS) is 17.2. The van der Waals surface area contributed by atoms with Crippen LogP contribution in [-0.2, 0) is 16.0 Å². The maximum Gasteiger partial charge on any atom is 0.274 e. The standard InChI is InChI=1S/C33H34ClN9O4/c34-22-10-11-29-40-27(19-43(29)18-22)33(47)42-15-4-3-12-37-31(45)26(16-21-17-38-24-7-2-1-6-23(21)24)41-32(46)25-8-5-9-28(39-25)35-13-14-36-30(44)20-42/h1-2,5-11,17-19,26,38H,3-4,12-16,20H2,(H,35,39)(H,36,44)(H,37,45)(H,41,46)/t26-/m0/s1. The van der Waals surface area contributed by atoms with Gasteiger partial charge < -0.3 is 35.6 Å². The predicted molar refractivity (Wildman–Crippen MR) is 177 cm³/mol. The Morgan fingerprint density at radius 2 is 1.74 bits per heavy atom. The molecule has 0 radical (unpaired) electrons. The summed E-state index contributed by atoms with van der Waals surface area (Å²) in [6, 6.07) is 15.3. The number of carbonyl (C=O) groups excluding carboxylic acids is 4. The summed E-state index contributed by atoms with van der Waals surface area (Å²) in [5.74, 6) is -1.11. The number of imidazole rings is 1. The van der Waals surface area contributed by atoms with Gasteiger partial charge in [-0.1, -0.05) is 35.9 Å². The number of halogens is 1. The second-order valence-corrected chi connectivity index (χ2v) is 11.7. The summed E-state index contributed by atoms with van der Waals surface area (Å²) in [6.45, 7) is 0.990. The quantitative estimate of drug-likeness (QED) is 0.199. The topological polar surface area (TPSA) is 166 Å². The Bertz CT molecular complexity index is 1940. The molecule has 1 aliphatic heterocycles. The van der Waals surface area contributed by atoms with Crippen LogP contribution in [0.25, 0.3) is 16.6 Å². The largest absolute Gasteiger partial charge is 0.368 e. The van der Waals surface area contributed by atoms with E-state index in [0.29, 0.717) is 42.4 Å². The molecule has 1 aliphatic rings. The van der Waals surface area contributed by atoms with Crippen LogP contribution in [0.5, 0.6) is 0 Å². The van der Waals surface area contributed by atoms with Crippen LogP contribution in [0.2, 0.25) is 5.02 Å². The van der Waals surface area contributed by atoms with Crippen LogP contribution >= 0.6 is 11.6 Å². The van der Waals surface area contributed by atoms with E-state index in [0.717, 1.165) is 16.5 Å². The van der Waals surface area contributed by atoms with E-state index < -0.39 is 17.9 Å². The van der Waals surface area contributed by atoms with Crippen molar-refractivity contribution >= 4 is 57.6 Å². The lowest BCUT2D eigenvalue weighted by atomic mass is 10.0. The molecule has 13 nitrogen and oxygen atoms in total. The van der Waals surface area contributed by atoms with Crippen molar-refractivity contribution in [2.24, 2.45) is 0 Å². The lowest BCUT2D eigenvalue weighted by molar-refractivity contribution is -0.123. The van der Waals surface area contributed by atoms with Gasteiger partial charge in [-0.3, -0.25) is 19.2 Å². The first kappa shape index (κ1) is 31.5. The number of rotatable bonds is 3. The molecule has 0 aliphatic carbocycles. The summed E-state index contributed by atoms with van der Waals surface area (Å²) in [7, 11) is 0. The highest BCUT2D eigenvalue weighted by atomic mass is 35.5. The zero-order valence-electron chi connectivity index (χ0n) is 25.5. The van der Waals surface area contributed by atoms with Gasteiger partial charge in [-0.2, -0.15) is 0 Å². The summed E-state index contributed by atoms with van der Waals surface area (Å²) in [6.07, 6.45) is 6.39. The van der Waals surface area contributed by atoms with Gasteiger partial charge in [-0.25, -0.2) is 9.97 Å². The van der Waals surface area contributed by atoms with Gasteiger partial charge >= 0.3 is 0 Å². The number of nitrogens with zero attached hydrogens (tertiary/aromatic N) is 4. The minimum Gasteiger partial charge on any atom is -0.368 e.